The fraction of sp³-hybridized carbons (Fsp3) is 0.333. The van der Waals surface area contributed by atoms with E-state index in [-0.39, 0.29) is 28.6 Å². The van der Waals surface area contributed by atoms with E-state index in [0.717, 1.165) is 29.5 Å². The lowest BCUT2D eigenvalue weighted by Gasteiger charge is -2.30. The van der Waals surface area contributed by atoms with Crippen LogP contribution in [0.1, 0.15) is 18.0 Å². The van der Waals surface area contributed by atoms with Crippen molar-refractivity contribution in [3.63, 3.8) is 0 Å². The average molecular weight is 416 g/mol. The summed E-state index contributed by atoms with van der Waals surface area (Å²) >= 11 is 5.77. The highest BCUT2D eigenvalue weighted by Crippen LogP contribution is 2.50. The first-order valence-corrected chi connectivity index (χ1v) is 9.89. The van der Waals surface area contributed by atoms with Crippen molar-refractivity contribution in [1.29, 1.82) is 0 Å². The van der Waals surface area contributed by atoms with Gasteiger partial charge in [-0.2, -0.15) is 0 Å². The smallest absolute Gasteiger partial charge is 0.253 e. The van der Waals surface area contributed by atoms with Gasteiger partial charge in [0.1, 0.15) is 17.6 Å². The van der Waals surface area contributed by atoms with E-state index in [4.69, 9.17) is 16.3 Å². The second-order valence-corrected chi connectivity index (χ2v) is 7.85. The molecule has 3 aliphatic heterocycles. The first-order chi connectivity index (χ1) is 14.0. The minimum atomic E-state index is -0.661. The molecule has 0 radical (unpaired) electrons. The van der Waals surface area contributed by atoms with Gasteiger partial charge < -0.3 is 4.74 Å². The Morgan fingerprint density at radius 2 is 1.76 bits per heavy atom. The Kier molecular flexibility index (Phi) is 4.34. The van der Waals surface area contributed by atoms with Crippen LogP contribution in [0.2, 0.25) is 5.02 Å². The molecule has 2 amide bonds. The summed E-state index contributed by atoms with van der Waals surface area (Å²) in [5, 5.41) is 4.06. The monoisotopic (exact) mass is 415 g/mol. The van der Waals surface area contributed by atoms with Crippen LogP contribution in [0.5, 0.6) is 5.75 Å². The third kappa shape index (κ3) is 2.61. The van der Waals surface area contributed by atoms with Crippen LogP contribution in [0.25, 0.3) is 0 Å². The SMILES string of the molecule is COc1ccccc1[C@H]1[C@H]2C(=O)N(c3ccc(Cl)c(F)c3)C(=O)[C@@H]2N2CCCN12. The highest BCUT2D eigenvalue weighted by molar-refractivity contribution is 6.31. The van der Waals surface area contributed by atoms with Crippen LogP contribution in [-0.4, -0.2) is 48.1 Å². The molecular formula is C21H19ClFN3O3. The minimum absolute atomic E-state index is 0.0503. The number of methoxy groups -OCH3 is 1. The van der Waals surface area contributed by atoms with Gasteiger partial charge in [-0.05, 0) is 30.7 Å². The molecular weight excluding hydrogens is 397 g/mol. The van der Waals surface area contributed by atoms with E-state index in [1.54, 1.807) is 7.11 Å². The number of nitrogens with zero attached hydrogens (tertiary/aromatic N) is 3. The van der Waals surface area contributed by atoms with Gasteiger partial charge in [-0.15, -0.1) is 0 Å². The quantitative estimate of drug-likeness (QED) is 0.721. The molecule has 2 aromatic carbocycles. The van der Waals surface area contributed by atoms with Crippen LogP contribution in [0.15, 0.2) is 42.5 Å². The van der Waals surface area contributed by atoms with Crippen molar-refractivity contribution in [2.75, 3.05) is 25.1 Å². The number of carbonyl (C=O) groups is 2. The molecule has 3 fully saturated rings. The summed E-state index contributed by atoms with van der Waals surface area (Å²) in [6.07, 6.45) is 0.909. The summed E-state index contributed by atoms with van der Waals surface area (Å²) in [7, 11) is 1.59. The fourth-order valence-corrected chi connectivity index (χ4v) is 4.99. The highest BCUT2D eigenvalue weighted by atomic mass is 35.5. The Labute approximate surface area is 172 Å². The zero-order valence-corrected chi connectivity index (χ0v) is 16.5. The van der Waals surface area contributed by atoms with Gasteiger partial charge in [-0.3, -0.25) is 9.59 Å². The highest BCUT2D eigenvalue weighted by Gasteiger charge is 2.63. The Morgan fingerprint density at radius 3 is 2.48 bits per heavy atom. The lowest BCUT2D eigenvalue weighted by atomic mass is 9.89. The maximum atomic E-state index is 14.0. The predicted molar refractivity (Wildman–Crippen MR) is 105 cm³/mol. The molecule has 150 valence electrons. The molecule has 3 atom stereocenters. The van der Waals surface area contributed by atoms with Crippen LogP contribution in [0.3, 0.4) is 0 Å². The van der Waals surface area contributed by atoms with Crippen molar-refractivity contribution >= 4 is 29.1 Å². The van der Waals surface area contributed by atoms with Gasteiger partial charge in [-0.1, -0.05) is 29.8 Å². The van der Waals surface area contributed by atoms with Gasteiger partial charge >= 0.3 is 0 Å². The number of para-hydroxylation sites is 1. The molecule has 8 heteroatoms. The summed E-state index contributed by atoms with van der Waals surface area (Å²) < 4.78 is 19.6. The maximum absolute atomic E-state index is 14.0. The molecule has 0 aliphatic carbocycles. The largest absolute Gasteiger partial charge is 0.496 e. The number of amides is 2. The molecule has 3 heterocycles. The second kappa shape index (κ2) is 6.79. The number of imide groups is 1. The van der Waals surface area contributed by atoms with Gasteiger partial charge in [0.25, 0.3) is 5.91 Å². The first-order valence-electron chi connectivity index (χ1n) is 9.52. The number of hydrogen-bond acceptors (Lipinski definition) is 5. The van der Waals surface area contributed by atoms with Crippen LogP contribution in [0, 0.1) is 11.7 Å². The van der Waals surface area contributed by atoms with Crippen LogP contribution >= 0.6 is 11.6 Å². The molecule has 0 N–H and O–H groups in total. The summed E-state index contributed by atoms with van der Waals surface area (Å²) in [5.74, 6) is -1.22. The normalized spacial score (nSPS) is 26.9. The summed E-state index contributed by atoms with van der Waals surface area (Å²) in [4.78, 5) is 27.9. The molecule has 6 nitrogen and oxygen atoms in total. The number of halogens is 2. The van der Waals surface area contributed by atoms with Gasteiger partial charge in [0.15, 0.2) is 0 Å². The van der Waals surface area contributed by atoms with E-state index in [0.29, 0.717) is 12.3 Å². The minimum Gasteiger partial charge on any atom is -0.496 e. The van der Waals surface area contributed by atoms with Gasteiger partial charge in [0.2, 0.25) is 5.91 Å². The third-order valence-electron chi connectivity index (χ3n) is 6.02. The molecule has 5 rings (SSSR count). The number of carbonyl (C=O) groups excluding carboxylic acids is 2. The number of hydrogen-bond donors (Lipinski definition) is 0. The Morgan fingerprint density at radius 1 is 1.03 bits per heavy atom. The van der Waals surface area contributed by atoms with Crippen molar-refractivity contribution < 1.29 is 18.7 Å². The zero-order valence-electron chi connectivity index (χ0n) is 15.7. The van der Waals surface area contributed by atoms with Crippen molar-refractivity contribution in [1.82, 2.24) is 10.0 Å². The number of benzene rings is 2. The molecule has 2 aromatic rings. The van der Waals surface area contributed by atoms with Gasteiger partial charge in [-0.25, -0.2) is 19.3 Å². The first kappa shape index (κ1) is 18.5. The number of rotatable bonds is 3. The zero-order chi connectivity index (χ0) is 20.3. The maximum Gasteiger partial charge on any atom is 0.253 e. The fourth-order valence-electron chi connectivity index (χ4n) is 4.88. The number of anilines is 1. The van der Waals surface area contributed by atoms with Crippen LogP contribution in [-0.2, 0) is 9.59 Å². The Hall–Kier alpha value is -2.48. The van der Waals surface area contributed by atoms with Crippen molar-refractivity contribution in [2.24, 2.45) is 5.92 Å². The molecule has 3 aliphatic rings. The molecule has 0 bridgehead atoms. The van der Waals surface area contributed by atoms with E-state index in [1.807, 2.05) is 29.3 Å². The van der Waals surface area contributed by atoms with E-state index in [1.165, 1.54) is 12.1 Å². The molecule has 3 saturated heterocycles. The van der Waals surface area contributed by atoms with E-state index >= 15 is 0 Å². The molecule has 0 spiro atoms. The van der Waals surface area contributed by atoms with E-state index in [9.17, 15) is 14.0 Å². The third-order valence-corrected chi connectivity index (χ3v) is 6.33. The predicted octanol–water partition coefficient (Wildman–Crippen LogP) is 3.02. The van der Waals surface area contributed by atoms with Crippen LogP contribution < -0.4 is 9.64 Å². The lowest BCUT2D eigenvalue weighted by molar-refractivity contribution is -0.126. The Balaban J connectivity index is 1.60. The number of fused-ring (bicyclic) bond motifs is 3. The summed E-state index contributed by atoms with van der Waals surface area (Å²) in [6.45, 7) is 1.47. The average Bonchev–Trinajstić information content (AvgIpc) is 3.36. The van der Waals surface area contributed by atoms with E-state index < -0.39 is 17.8 Å². The van der Waals surface area contributed by atoms with Crippen molar-refractivity contribution in [2.45, 2.75) is 18.5 Å². The van der Waals surface area contributed by atoms with Crippen LogP contribution in [0.4, 0.5) is 10.1 Å². The van der Waals surface area contributed by atoms with Gasteiger partial charge in [0.05, 0.1) is 29.8 Å². The Bertz CT molecular complexity index is 1020. The van der Waals surface area contributed by atoms with E-state index in [2.05, 4.69) is 5.01 Å². The molecule has 29 heavy (non-hydrogen) atoms. The number of ether oxygens (including phenoxy) is 1. The van der Waals surface area contributed by atoms with Crippen molar-refractivity contribution in [3.8, 4) is 5.75 Å². The standard InChI is InChI=1S/C21H19ClFN3O3/c1-29-16-6-3-2-5-13(16)18-17-19(25-10-4-9-24(18)25)21(28)26(20(17)27)12-7-8-14(22)15(23)11-12/h2-3,5-8,11,17-19H,4,9-10H2,1H3/t17-,18+,19-/m1/s1. The summed E-state index contributed by atoms with van der Waals surface area (Å²) in [5.41, 5.74) is 1.08. The number of hydrazine groups is 1. The molecule has 0 saturated carbocycles. The second-order valence-electron chi connectivity index (χ2n) is 7.45. The topological polar surface area (TPSA) is 53.1 Å². The van der Waals surface area contributed by atoms with Gasteiger partial charge in [0, 0.05) is 18.7 Å². The molecule has 0 aromatic heterocycles. The molecule has 0 unspecified atom stereocenters. The van der Waals surface area contributed by atoms with Crippen molar-refractivity contribution in [3.05, 3.63) is 58.9 Å². The summed E-state index contributed by atoms with van der Waals surface area (Å²) in [6, 6.07) is 10.7. The lowest BCUT2D eigenvalue weighted by Crippen LogP contribution is -2.44.